The Morgan fingerprint density at radius 1 is 1.64 bits per heavy atom. The second-order valence-electron chi connectivity index (χ2n) is 2.78. The molecule has 0 fully saturated rings. The van der Waals surface area contributed by atoms with Crippen molar-refractivity contribution in [1.82, 2.24) is 5.32 Å². The van der Waals surface area contributed by atoms with E-state index in [4.69, 9.17) is 0 Å². The van der Waals surface area contributed by atoms with Crippen molar-refractivity contribution in [2.75, 3.05) is 7.05 Å². The van der Waals surface area contributed by atoms with E-state index in [1.54, 1.807) is 7.05 Å². The third-order valence-electron chi connectivity index (χ3n) is 1.74. The van der Waals surface area contributed by atoms with Crippen LogP contribution in [0.1, 0.15) is 13.3 Å². The Hall–Kier alpha value is -1.18. The molecule has 0 aromatic heterocycles. The highest BCUT2D eigenvalue weighted by Crippen LogP contribution is 2.23. The average Bonchev–Trinajstić information content (AvgIpc) is 1.96. The zero-order chi connectivity index (χ0) is 8.43. The van der Waals surface area contributed by atoms with Gasteiger partial charge >= 0.3 is 0 Å². The number of allylic oxidation sites excluding steroid dienone is 3. The Bertz CT molecular complexity index is 248. The van der Waals surface area contributed by atoms with Crippen molar-refractivity contribution in [3.63, 3.8) is 0 Å². The van der Waals surface area contributed by atoms with Gasteiger partial charge in [-0.3, -0.25) is 0 Å². The van der Waals surface area contributed by atoms with Crippen molar-refractivity contribution in [3.8, 4) is 0 Å². The van der Waals surface area contributed by atoms with Gasteiger partial charge in [0, 0.05) is 7.05 Å². The molecule has 2 N–H and O–H groups in total. The molecule has 0 bridgehead atoms. The van der Waals surface area contributed by atoms with Gasteiger partial charge in [0.05, 0.1) is 5.70 Å². The van der Waals surface area contributed by atoms with E-state index in [-0.39, 0.29) is 5.76 Å². The summed E-state index contributed by atoms with van der Waals surface area (Å²) in [6, 6.07) is 0. The van der Waals surface area contributed by atoms with Gasteiger partial charge in [0.1, 0.15) is 5.76 Å². The van der Waals surface area contributed by atoms with Crippen LogP contribution in [0.5, 0.6) is 0 Å². The fourth-order valence-corrected chi connectivity index (χ4v) is 1.17. The summed E-state index contributed by atoms with van der Waals surface area (Å²) in [5.74, 6) is 0.290. The van der Waals surface area contributed by atoms with Crippen molar-refractivity contribution in [2.24, 2.45) is 0 Å². The number of nitrogens with one attached hydrogen (secondary N) is 1. The van der Waals surface area contributed by atoms with Gasteiger partial charge < -0.3 is 10.4 Å². The van der Waals surface area contributed by atoms with Gasteiger partial charge in [-0.1, -0.05) is 12.2 Å². The number of hydrogen-bond donors (Lipinski definition) is 2. The van der Waals surface area contributed by atoms with Crippen LogP contribution in [0.3, 0.4) is 0 Å². The summed E-state index contributed by atoms with van der Waals surface area (Å²) in [7, 11) is 1.79. The molecule has 0 spiro atoms. The maximum Gasteiger partial charge on any atom is 0.141 e. The number of likely N-dealkylation sites (N-methyl/N-ethyl adjacent to an activating group) is 1. The van der Waals surface area contributed by atoms with Gasteiger partial charge in [-0.25, -0.2) is 0 Å². The number of aliphatic hydroxyl groups is 1. The summed E-state index contributed by atoms with van der Waals surface area (Å²) in [5, 5.41) is 12.3. The van der Waals surface area contributed by atoms with Crippen molar-refractivity contribution in [3.05, 3.63) is 35.3 Å². The zero-order valence-electron chi connectivity index (χ0n) is 6.94. The molecule has 0 aromatic carbocycles. The highest BCUT2D eigenvalue weighted by atomic mass is 16.3. The zero-order valence-corrected chi connectivity index (χ0v) is 6.94. The first-order chi connectivity index (χ1) is 5.15. The molecule has 0 radical (unpaired) electrons. The van der Waals surface area contributed by atoms with Gasteiger partial charge in [-0.15, -0.1) is 0 Å². The van der Waals surface area contributed by atoms with E-state index >= 15 is 0 Å². The van der Waals surface area contributed by atoms with Crippen LogP contribution >= 0.6 is 0 Å². The van der Waals surface area contributed by atoms with E-state index in [1.165, 1.54) is 5.57 Å². The Kier molecular flexibility index (Phi) is 2.03. The third-order valence-corrected chi connectivity index (χ3v) is 1.74. The standard InChI is InChI=1S/C9H13NO/c1-6-4-7(2)9(11)8(5-6)10-3/h5,10-11H,2,4H2,1,3H3. The number of hydrogen-bond acceptors (Lipinski definition) is 2. The van der Waals surface area contributed by atoms with E-state index in [9.17, 15) is 5.11 Å². The molecule has 0 saturated heterocycles. The lowest BCUT2D eigenvalue weighted by Gasteiger charge is -2.15. The monoisotopic (exact) mass is 151 g/mol. The van der Waals surface area contributed by atoms with E-state index in [0.29, 0.717) is 0 Å². The van der Waals surface area contributed by atoms with Crippen LogP contribution in [-0.4, -0.2) is 12.2 Å². The van der Waals surface area contributed by atoms with E-state index < -0.39 is 0 Å². The summed E-state index contributed by atoms with van der Waals surface area (Å²) in [5.41, 5.74) is 2.77. The van der Waals surface area contributed by atoms with E-state index in [0.717, 1.165) is 17.7 Å². The quantitative estimate of drug-likeness (QED) is 0.599. The minimum atomic E-state index is 0.290. The normalized spacial score (nSPS) is 18.4. The molecule has 0 aliphatic heterocycles. The van der Waals surface area contributed by atoms with Crippen LogP contribution < -0.4 is 5.32 Å². The molecule has 0 unspecified atom stereocenters. The van der Waals surface area contributed by atoms with Gasteiger partial charge in [-0.05, 0) is 25.0 Å². The average molecular weight is 151 g/mol. The lowest BCUT2D eigenvalue weighted by atomic mass is 9.99. The van der Waals surface area contributed by atoms with Crippen LogP contribution in [0.25, 0.3) is 0 Å². The number of aliphatic hydroxyl groups excluding tert-OH is 1. The highest BCUT2D eigenvalue weighted by molar-refractivity contribution is 5.41. The molecule has 0 aromatic rings. The first-order valence-corrected chi connectivity index (χ1v) is 3.61. The van der Waals surface area contributed by atoms with Gasteiger partial charge in [0.15, 0.2) is 0 Å². The Labute approximate surface area is 66.9 Å². The Morgan fingerprint density at radius 2 is 2.27 bits per heavy atom. The second-order valence-corrected chi connectivity index (χ2v) is 2.78. The fourth-order valence-electron chi connectivity index (χ4n) is 1.17. The summed E-state index contributed by atoms with van der Waals surface area (Å²) >= 11 is 0. The molecule has 11 heavy (non-hydrogen) atoms. The summed E-state index contributed by atoms with van der Waals surface area (Å²) < 4.78 is 0. The van der Waals surface area contributed by atoms with Crippen LogP contribution in [-0.2, 0) is 0 Å². The predicted octanol–water partition coefficient (Wildman–Crippen LogP) is 1.88. The molecule has 2 heteroatoms. The maximum atomic E-state index is 9.43. The lowest BCUT2D eigenvalue weighted by molar-refractivity contribution is 0.410. The molecule has 0 heterocycles. The van der Waals surface area contributed by atoms with Gasteiger partial charge in [0.25, 0.3) is 0 Å². The lowest BCUT2D eigenvalue weighted by Crippen LogP contribution is -2.11. The van der Waals surface area contributed by atoms with Crippen molar-refractivity contribution < 1.29 is 5.11 Å². The first-order valence-electron chi connectivity index (χ1n) is 3.61. The van der Waals surface area contributed by atoms with Crippen molar-refractivity contribution >= 4 is 0 Å². The fraction of sp³-hybridized carbons (Fsp3) is 0.333. The Morgan fingerprint density at radius 3 is 2.82 bits per heavy atom. The maximum absolute atomic E-state index is 9.43. The largest absolute Gasteiger partial charge is 0.506 e. The van der Waals surface area contributed by atoms with Crippen LogP contribution in [0, 0.1) is 0 Å². The molecule has 1 aliphatic carbocycles. The molecule has 1 aliphatic rings. The van der Waals surface area contributed by atoms with Crippen molar-refractivity contribution in [1.29, 1.82) is 0 Å². The molecule has 0 atom stereocenters. The Balaban J connectivity index is 3.02. The minimum Gasteiger partial charge on any atom is -0.506 e. The highest BCUT2D eigenvalue weighted by Gasteiger charge is 2.11. The van der Waals surface area contributed by atoms with Crippen LogP contribution in [0.4, 0.5) is 0 Å². The SMILES string of the molecule is C=C1CC(C)=CC(NC)=C1O. The second kappa shape index (κ2) is 2.82. The van der Waals surface area contributed by atoms with Gasteiger partial charge in [-0.2, -0.15) is 0 Å². The summed E-state index contributed by atoms with van der Waals surface area (Å²) in [6.07, 6.45) is 2.71. The summed E-state index contributed by atoms with van der Waals surface area (Å²) in [6.45, 7) is 5.78. The van der Waals surface area contributed by atoms with Crippen molar-refractivity contribution in [2.45, 2.75) is 13.3 Å². The molecule has 0 amide bonds. The van der Waals surface area contributed by atoms with E-state index in [2.05, 4.69) is 11.9 Å². The topological polar surface area (TPSA) is 32.3 Å². The smallest absolute Gasteiger partial charge is 0.141 e. The summed E-state index contributed by atoms with van der Waals surface area (Å²) in [4.78, 5) is 0. The number of rotatable bonds is 1. The van der Waals surface area contributed by atoms with Crippen LogP contribution in [0.15, 0.2) is 35.3 Å². The van der Waals surface area contributed by atoms with Gasteiger partial charge in [0.2, 0.25) is 0 Å². The predicted molar refractivity (Wildman–Crippen MR) is 46.2 cm³/mol. The molecular weight excluding hydrogens is 138 g/mol. The first kappa shape index (κ1) is 7.92. The minimum absolute atomic E-state index is 0.290. The molecule has 0 saturated carbocycles. The molecule has 1 rings (SSSR count). The van der Waals surface area contributed by atoms with Crippen LogP contribution in [0.2, 0.25) is 0 Å². The molecule has 2 nitrogen and oxygen atoms in total. The molecular formula is C9H13NO. The molecule has 60 valence electrons. The van der Waals surface area contributed by atoms with E-state index in [1.807, 2.05) is 13.0 Å². The third kappa shape index (κ3) is 1.45.